The molecule has 0 aliphatic carbocycles. The van der Waals surface area contributed by atoms with Gasteiger partial charge >= 0.3 is 7.12 Å². The standard InChI is InChI=1S/C22H33BN2O3/c1-17(26)24-15-20(23-27-21(2,3)22(4,5)28-23)14-18-9-8-10-19(13-18)16-25-11-6-7-12-25/h8-10,13-14H,6-7,11-12,15-16H2,1-5H3,(H,24,26). The normalized spacial score (nSPS) is 21.9. The van der Waals surface area contributed by atoms with Gasteiger partial charge < -0.3 is 14.6 Å². The molecule has 0 saturated carbocycles. The van der Waals surface area contributed by atoms with E-state index >= 15 is 0 Å². The zero-order chi connectivity index (χ0) is 20.4. The SMILES string of the molecule is CC(=O)NCC(=Cc1cccc(CN2CCCC2)c1)B1OC(C)(C)C(C)(C)O1. The monoisotopic (exact) mass is 384 g/mol. The molecule has 2 fully saturated rings. The second-order valence-electron chi connectivity index (χ2n) is 8.95. The first-order valence-corrected chi connectivity index (χ1v) is 10.3. The molecule has 5 nitrogen and oxygen atoms in total. The predicted octanol–water partition coefficient (Wildman–Crippen LogP) is 3.43. The number of hydrogen-bond donors (Lipinski definition) is 1. The van der Waals surface area contributed by atoms with Crippen LogP contribution in [0.2, 0.25) is 0 Å². The molecule has 28 heavy (non-hydrogen) atoms. The van der Waals surface area contributed by atoms with Crippen molar-refractivity contribution in [2.75, 3.05) is 19.6 Å². The molecule has 0 unspecified atom stereocenters. The van der Waals surface area contributed by atoms with Crippen molar-refractivity contribution in [3.05, 3.63) is 40.9 Å². The molecule has 0 spiro atoms. The second kappa shape index (κ2) is 8.40. The topological polar surface area (TPSA) is 50.8 Å². The lowest BCUT2D eigenvalue weighted by molar-refractivity contribution is -0.118. The van der Waals surface area contributed by atoms with Crippen LogP contribution in [-0.4, -0.2) is 48.8 Å². The Morgan fingerprint density at radius 1 is 1.18 bits per heavy atom. The van der Waals surface area contributed by atoms with Crippen LogP contribution in [0.3, 0.4) is 0 Å². The van der Waals surface area contributed by atoms with Gasteiger partial charge in [-0.15, -0.1) is 0 Å². The smallest absolute Gasteiger partial charge is 0.400 e. The number of rotatable bonds is 6. The molecule has 0 bridgehead atoms. The van der Waals surface area contributed by atoms with Crippen molar-refractivity contribution in [3.63, 3.8) is 0 Å². The number of carbonyl (C=O) groups is 1. The van der Waals surface area contributed by atoms with Crippen molar-refractivity contribution in [2.45, 2.75) is 65.2 Å². The zero-order valence-corrected chi connectivity index (χ0v) is 17.9. The van der Waals surface area contributed by atoms with Crippen molar-refractivity contribution < 1.29 is 14.1 Å². The van der Waals surface area contributed by atoms with Crippen LogP contribution in [0.5, 0.6) is 0 Å². The first kappa shape index (κ1) is 21.1. The number of carbonyl (C=O) groups excluding carboxylic acids is 1. The van der Waals surface area contributed by atoms with Gasteiger partial charge in [0, 0.05) is 20.0 Å². The van der Waals surface area contributed by atoms with Crippen LogP contribution in [0.15, 0.2) is 29.7 Å². The highest BCUT2D eigenvalue weighted by atomic mass is 16.7. The van der Waals surface area contributed by atoms with E-state index in [0.29, 0.717) is 6.54 Å². The number of nitrogens with zero attached hydrogens (tertiary/aromatic N) is 1. The third-order valence-electron chi connectivity index (χ3n) is 6.01. The van der Waals surface area contributed by atoms with Crippen LogP contribution < -0.4 is 5.32 Å². The number of hydrogen-bond acceptors (Lipinski definition) is 4. The summed E-state index contributed by atoms with van der Waals surface area (Å²) in [7, 11) is -0.473. The fraction of sp³-hybridized carbons (Fsp3) is 0.591. The van der Waals surface area contributed by atoms with Crippen molar-refractivity contribution in [3.8, 4) is 0 Å². The Hall–Kier alpha value is -1.63. The molecule has 2 saturated heterocycles. The second-order valence-corrected chi connectivity index (χ2v) is 8.95. The molecular weight excluding hydrogens is 351 g/mol. The summed E-state index contributed by atoms with van der Waals surface area (Å²) in [5.74, 6) is -0.0646. The minimum atomic E-state index is -0.473. The maximum atomic E-state index is 11.5. The highest BCUT2D eigenvalue weighted by Crippen LogP contribution is 2.38. The van der Waals surface area contributed by atoms with E-state index in [-0.39, 0.29) is 5.91 Å². The summed E-state index contributed by atoms with van der Waals surface area (Å²) < 4.78 is 12.4. The van der Waals surface area contributed by atoms with E-state index in [1.54, 1.807) is 0 Å². The minimum absolute atomic E-state index is 0.0646. The molecule has 1 aromatic rings. The molecule has 3 rings (SSSR count). The van der Waals surface area contributed by atoms with Gasteiger partial charge in [-0.25, -0.2) is 0 Å². The molecule has 0 atom stereocenters. The number of benzene rings is 1. The van der Waals surface area contributed by atoms with Gasteiger partial charge in [0.2, 0.25) is 5.91 Å². The van der Waals surface area contributed by atoms with Gasteiger partial charge in [0.25, 0.3) is 0 Å². The molecule has 2 heterocycles. The molecular formula is C22H33BN2O3. The third kappa shape index (κ3) is 5.05. The Bertz CT molecular complexity index is 723. The van der Waals surface area contributed by atoms with Gasteiger partial charge in [0.05, 0.1) is 11.2 Å². The van der Waals surface area contributed by atoms with E-state index in [2.05, 4.69) is 40.6 Å². The van der Waals surface area contributed by atoms with Crippen LogP contribution in [-0.2, 0) is 20.6 Å². The van der Waals surface area contributed by atoms with Crippen molar-refractivity contribution in [2.24, 2.45) is 0 Å². The van der Waals surface area contributed by atoms with Crippen LogP contribution in [0, 0.1) is 0 Å². The van der Waals surface area contributed by atoms with E-state index in [4.69, 9.17) is 9.31 Å². The summed E-state index contributed by atoms with van der Waals surface area (Å²) >= 11 is 0. The summed E-state index contributed by atoms with van der Waals surface area (Å²) in [6.07, 6.45) is 4.68. The average Bonchev–Trinajstić information content (AvgIpc) is 3.17. The quantitative estimate of drug-likeness (QED) is 0.764. The minimum Gasteiger partial charge on any atom is -0.400 e. The summed E-state index contributed by atoms with van der Waals surface area (Å²) in [5, 5.41) is 2.90. The van der Waals surface area contributed by atoms with E-state index in [0.717, 1.165) is 17.6 Å². The first-order chi connectivity index (χ1) is 13.2. The van der Waals surface area contributed by atoms with Gasteiger partial charge in [-0.1, -0.05) is 30.3 Å². The molecule has 6 heteroatoms. The van der Waals surface area contributed by atoms with Gasteiger partial charge in [-0.2, -0.15) is 0 Å². The largest absolute Gasteiger partial charge is 0.492 e. The van der Waals surface area contributed by atoms with Gasteiger partial charge in [0.15, 0.2) is 0 Å². The Kier molecular flexibility index (Phi) is 6.32. The molecule has 0 aromatic heterocycles. The number of likely N-dealkylation sites (tertiary alicyclic amines) is 1. The van der Waals surface area contributed by atoms with E-state index < -0.39 is 18.3 Å². The lowest BCUT2D eigenvalue weighted by atomic mass is 9.77. The number of amides is 1. The first-order valence-electron chi connectivity index (χ1n) is 10.3. The fourth-order valence-corrected chi connectivity index (χ4v) is 3.62. The predicted molar refractivity (Wildman–Crippen MR) is 114 cm³/mol. The molecule has 0 radical (unpaired) electrons. The summed E-state index contributed by atoms with van der Waals surface area (Å²) in [4.78, 5) is 14.0. The molecule has 2 aliphatic heterocycles. The zero-order valence-electron chi connectivity index (χ0n) is 17.9. The van der Waals surface area contributed by atoms with Gasteiger partial charge in [-0.3, -0.25) is 9.69 Å². The number of nitrogens with one attached hydrogen (secondary N) is 1. The summed E-state index contributed by atoms with van der Waals surface area (Å²) in [6, 6.07) is 8.58. The van der Waals surface area contributed by atoms with Crippen LogP contribution in [0.25, 0.3) is 6.08 Å². The third-order valence-corrected chi connectivity index (χ3v) is 6.01. The van der Waals surface area contributed by atoms with E-state index in [9.17, 15) is 4.79 Å². The van der Waals surface area contributed by atoms with Crippen molar-refractivity contribution in [1.82, 2.24) is 10.2 Å². The van der Waals surface area contributed by atoms with Crippen LogP contribution in [0.1, 0.15) is 58.6 Å². The van der Waals surface area contributed by atoms with E-state index in [1.807, 2.05) is 27.7 Å². The van der Waals surface area contributed by atoms with Crippen molar-refractivity contribution >= 4 is 19.1 Å². The van der Waals surface area contributed by atoms with Crippen LogP contribution >= 0.6 is 0 Å². The van der Waals surface area contributed by atoms with Crippen molar-refractivity contribution in [1.29, 1.82) is 0 Å². The Labute approximate surface area is 169 Å². The van der Waals surface area contributed by atoms with E-state index in [1.165, 1.54) is 38.4 Å². The molecule has 2 aliphatic rings. The maximum absolute atomic E-state index is 11.5. The lowest BCUT2D eigenvalue weighted by Gasteiger charge is -2.32. The summed E-state index contributed by atoms with van der Waals surface area (Å²) in [5.41, 5.74) is 2.51. The van der Waals surface area contributed by atoms with Gasteiger partial charge in [0.1, 0.15) is 0 Å². The highest BCUT2D eigenvalue weighted by molar-refractivity contribution is 6.56. The maximum Gasteiger partial charge on any atom is 0.492 e. The molecule has 1 amide bonds. The highest BCUT2D eigenvalue weighted by Gasteiger charge is 2.52. The Morgan fingerprint density at radius 3 is 2.43 bits per heavy atom. The van der Waals surface area contributed by atoms with Gasteiger partial charge in [-0.05, 0) is 70.2 Å². The molecule has 1 aromatic carbocycles. The Balaban J connectivity index is 1.81. The van der Waals surface area contributed by atoms with Crippen LogP contribution in [0.4, 0.5) is 0 Å². The summed E-state index contributed by atoms with van der Waals surface area (Å²) in [6.45, 7) is 13.4. The Morgan fingerprint density at radius 2 is 1.82 bits per heavy atom. The lowest BCUT2D eigenvalue weighted by Crippen LogP contribution is -2.41. The fourth-order valence-electron chi connectivity index (χ4n) is 3.62. The molecule has 1 N–H and O–H groups in total. The average molecular weight is 384 g/mol. The molecule has 152 valence electrons.